The molecule has 1 amide bonds. The van der Waals surface area contributed by atoms with E-state index in [0.717, 1.165) is 29.8 Å². The number of carbonyl (C=O) groups is 1. The van der Waals surface area contributed by atoms with E-state index in [2.05, 4.69) is 10.4 Å². The molecule has 6 nitrogen and oxygen atoms in total. The van der Waals surface area contributed by atoms with Gasteiger partial charge in [-0.15, -0.1) is 0 Å². The second kappa shape index (κ2) is 7.05. The van der Waals surface area contributed by atoms with Crippen LogP contribution in [0.1, 0.15) is 24.1 Å². The van der Waals surface area contributed by atoms with Crippen LogP contribution in [0.2, 0.25) is 0 Å². The first kappa shape index (κ1) is 16.5. The number of nitrogens with one attached hydrogen (secondary N) is 1. The number of rotatable bonds is 5. The second-order valence-corrected chi connectivity index (χ2v) is 6.10. The summed E-state index contributed by atoms with van der Waals surface area (Å²) in [6.07, 6.45) is 3.55. The van der Waals surface area contributed by atoms with Crippen LogP contribution in [-0.4, -0.2) is 36.0 Å². The van der Waals surface area contributed by atoms with Crippen molar-refractivity contribution in [2.24, 2.45) is 7.05 Å². The lowest BCUT2D eigenvalue weighted by atomic mass is 9.82. The molecular weight excluding hydrogens is 306 g/mol. The van der Waals surface area contributed by atoms with Crippen LogP contribution in [0.5, 0.6) is 5.75 Å². The van der Waals surface area contributed by atoms with Crippen LogP contribution in [0.15, 0.2) is 36.5 Å². The predicted molar refractivity (Wildman–Crippen MR) is 89.8 cm³/mol. The number of carbonyl (C=O) groups excluding carboxylic acids is 1. The Balaban J connectivity index is 1.84. The third-order valence-corrected chi connectivity index (χ3v) is 4.46. The lowest BCUT2D eigenvalue weighted by molar-refractivity contribution is -0.124. The van der Waals surface area contributed by atoms with Crippen LogP contribution in [0, 0.1) is 0 Å². The number of para-hydroxylation sites is 1. The summed E-state index contributed by atoms with van der Waals surface area (Å²) in [6, 6.07) is 9.72. The zero-order valence-electron chi connectivity index (χ0n) is 14.1. The molecule has 1 aromatic heterocycles. The molecule has 2 aromatic rings. The highest BCUT2D eigenvalue weighted by atomic mass is 16.5. The molecule has 0 atom stereocenters. The van der Waals surface area contributed by atoms with Gasteiger partial charge < -0.3 is 14.8 Å². The largest absolute Gasteiger partial charge is 0.496 e. The minimum Gasteiger partial charge on any atom is -0.496 e. The summed E-state index contributed by atoms with van der Waals surface area (Å²) in [5, 5.41) is 7.51. The van der Waals surface area contributed by atoms with Gasteiger partial charge in [-0.05, 0) is 25.0 Å². The van der Waals surface area contributed by atoms with Crippen LogP contribution < -0.4 is 10.1 Å². The van der Waals surface area contributed by atoms with Crippen molar-refractivity contribution in [1.82, 2.24) is 15.1 Å². The average molecular weight is 329 g/mol. The number of hydrogen-bond acceptors (Lipinski definition) is 4. The van der Waals surface area contributed by atoms with Crippen molar-refractivity contribution in [1.29, 1.82) is 0 Å². The molecule has 0 unspecified atom stereocenters. The monoisotopic (exact) mass is 329 g/mol. The SMILES string of the molecule is COc1ccccc1C1(NC(=O)Cc2ccn(C)n2)CCOCC1. The zero-order valence-corrected chi connectivity index (χ0v) is 14.1. The maximum Gasteiger partial charge on any atom is 0.226 e. The van der Waals surface area contributed by atoms with E-state index in [0.29, 0.717) is 13.2 Å². The van der Waals surface area contributed by atoms with Gasteiger partial charge in [0.25, 0.3) is 0 Å². The van der Waals surface area contributed by atoms with Crippen LogP contribution in [-0.2, 0) is 28.5 Å². The first-order valence-corrected chi connectivity index (χ1v) is 8.14. The molecule has 1 aliphatic rings. The van der Waals surface area contributed by atoms with E-state index in [4.69, 9.17) is 9.47 Å². The van der Waals surface area contributed by atoms with Crippen molar-refractivity contribution in [3.63, 3.8) is 0 Å². The molecule has 1 aromatic carbocycles. The summed E-state index contributed by atoms with van der Waals surface area (Å²) in [5.74, 6) is 0.749. The van der Waals surface area contributed by atoms with Crippen molar-refractivity contribution in [2.75, 3.05) is 20.3 Å². The van der Waals surface area contributed by atoms with E-state index in [-0.39, 0.29) is 12.3 Å². The fourth-order valence-corrected chi connectivity index (χ4v) is 3.25. The topological polar surface area (TPSA) is 65.4 Å². The van der Waals surface area contributed by atoms with Crippen molar-refractivity contribution in [3.8, 4) is 5.75 Å². The molecule has 1 aliphatic heterocycles. The van der Waals surface area contributed by atoms with Gasteiger partial charge in [0.1, 0.15) is 5.75 Å². The third kappa shape index (κ3) is 3.43. The molecule has 1 saturated heterocycles. The normalized spacial score (nSPS) is 16.6. The minimum absolute atomic E-state index is 0.0403. The molecule has 3 rings (SSSR count). The minimum atomic E-state index is -0.462. The van der Waals surface area contributed by atoms with E-state index in [1.165, 1.54) is 0 Å². The lowest BCUT2D eigenvalue weighted by Crippen LogP contribution is -2.50. The van der Waals surface area contributed by atoms with Gasteiger partial charge >= 0.3 is 0 Å². The van der Waals surface area contributed by atoms with Crippen molar-refractivity contribution in [3.05, 3.63) is 47.8 Å². The van der Waals surface area contributed by atoms with Gasteiger partial charge in [-0.3, -0.25) is 9.48 Å². The molecule has 0 saturated carbocycles. The molecule has 0 aliphatic carbocycles. The highest BCUT2D eigenvalue weighted by Crippen LogP contribution is 2.37. The number of amides is 1. The predicted octanol–water partition coefficient (Wildman–Crippen LogP) is 1.79. The van der Waals surface area contributed by atoms with Gasteiger partial charge in [0.05, 0.1) is 24.8 Å². The van der Waals surface area contributed by atoms with E-state index in [9.17, 15) is 4.79 Å². The smallest absolute Gasteiger partial charge is 0.226 e. The molecular formula is C18H23N3O3. The van der Waals surface area contributed by atoms with Crippen molar-refractivity contribution >= 4 is 5.91 Å². The van der Waals surface area contributed by atoms with E-state index >= 15 is 0 Å². The standard InChI is InChI=1S/C18H23N3O3/c1-21-10-7-14(20-21)13-17(22)19-18(8-11-24-12-9-18)15-5-3-4-6-16(15)23-2/h3-7,10H,8-9,11-13H2,1-2H3,(H,19,22). The number of aryl methyl sites for hydroxylation is 1. The Labute approximate surface area is 141 Å². The zero-order chi connectivity index (χ0) is 17.0. The quantitative estimate of drug-likeness (QED) is 0.908. The average Bonchev–Trinajstić information content (AvgIpc) is 3.00. The molecule has 128 valence electrons. The third-order valence-electron chi connectivity index (χ3n) is 4.46. The number of nitrogens with zero attached hydrogens (tertiary/aromatic N) is 2. The number of aromatic nitrogens is 2. The highest BCUT2D eigenvalue weighted by Gasteiger charge is 2.38. The van der Waals surface area contributed by atoms with Crippen LogP contribution in [0.4, 0.5) is 0 Å². The summed E-state index contributed by atoms with van der Waals surface area (Å²) in [6.45, 7) is 1.23. The molecule has 1 fully saturated rings. The summed E-state index contributed by atoms with van der Waals surface area (Å²) in [7, 11) is 3.50. The first-order chi connectivity index (χ1) is 11.6. The lowest BCUT2D eigenvalue weighted by Gasteiger charge is -2.39. The Hall–Kier alpha value is -2.34. The Morgan fingerprint density at radius 3 is 2.75 bits per heavy atom. The number of ether oxygens (including phenoxy) is 2. The summed E-state index contributed by atoms with van der Waals surface area (Å²) in [4.78, 5) is 12.6. The van der Waals surface area contributed by atoms with Crippen molar-refractivity contribution in [2.45, 2.75) is 24.8 Å². The van der Waals surface area contributed by atoms with Gasteiger partial charge in [-0.2, -0.15) is 5.10 Å². The molecule has 0 radical (unpaired) electrons. The van der Waals surface area contributed by atoms with Crippen LogP contribution in [0.25, 0.3) is 0 Å². The van der Waals surface area contributed by atoms with Crippen LogP contribution in [0.3, 0.4) is 0 Å². The summed E-state index contributed by atoms with van der Waals surface area (Å²) in [5.41, 5.74) is 1.30. The Morgan fingerprint density at radius 2 is 2.08 bits per heavy atom. The number of benzene rings is 1. The number of hydrogen-bond donors (Lipinski definition) is 1. The molecule has 6 heteroatoms. The number of methoxy groups -OCH3 is 1. The first-order valence-electron chi connectivity index (χ1n) is 8.14. The molecule has 24 heavy (non-hydrogen) atoms. The molecule has 0 spiro atoms. The molecule has 2 heterocycles. The Kier molecular flexibility index (Phi) is 4.85. The highest BCUT2D eigenvalue weighted by molar-refractivity contribution is 5.79. The fourth-order valence-electron chi connectivity index (χ4n) is 3.25. The Morgan fingerprint density at radius 1 is 1.33 bits per heavy atom. The maximum absolute atomic E-state index is 12.6. The Bertz CT molecular complexity index is 705. The van der Waals surface area contributed by atoms with Gasteiger partial charge in [-0.25, -0.2) is 0 Å². The van der Waals surface area contributed by atoms with Crippen LogP contribution >= 0.6 is 0 Å². The van der Waals surface area contributed by atoms with Gasteiger partial charge in [0, 0.05) is 32.0 Å². The summed E-state index contributed by atoms with van der Waals surface area (Å²) < 4.78 is 12.7. The second-order valence-electron chi connectivity index (χ2n) is 6.10. The van der Waals surface area contributed by atoms with E-state index < -0.39 is 5.54 Å². The van der Waals surface area contributed by atoms with E-state index in [1.807, 2.05) is 43.6 Å². The van der Waals surface area contributed by atoms with Crippen molar-refractivity contribution < 1.29 is 14.3 Å². The summed E-state index contributed by atoms with van der Waals surface area (Å²) >= 11 is 0. The van der Waals surface area contributed by atoms with Gasteiger partial charge in [-0.1, -0.05) is 18.2 Å². The molecule has 1 N–H and O–H groups in total. The maximum atomic E-state index is 12.6. The van der Waals surface area contributed by atoms with E-state index in [1.54, 1.807) is 11.8 Å². The van der Waals surface area contributed by atoms with Gasteiger partial charge in [0.2, 0.25) is 5.91 Å². The fraction of sp³-hybridized carbons (Fsp3) is 0.444. The van der Waals surface area contributed by atoms with Gasteiger partial charge in [0.15, 0.2) is 0 Å². The molecule has 0 bridgehead atoms.